The van der Waals surface area contributed by atoms with Crippen LogP contribution in [0.1, 0.15) is 6.42 Å². The lowest BCUT2D eigenvalue weighted by Crippen LogP contribution is -2.32. The van der Waals surface area contributed by atoms with Gasteiger partial charge in [0, 0.05) is 38.4 Å². The Morgan fingerprint density at radius 1 is 1.40 bits per heavy atom. The molecule has 0 spiro atoms. The highest BCUT2D eigenvalue weighted by Gasteiger charge is 2.23. The van der Waals surface area contributed by atoms with E-state index in [0.29, 0.717) is 23.9 Å². The van der Waals surface area contributed by atoms with Crippen LogP contribution in [0.25, 0.3) is 11.4 Å². The van der Waals surface area contributed by atoms with Crippen LogP contribution < -0.4 is 16.2 Å². The fraction of sp³-hybridized carbons (Fsp3) is 0.385. The van der Waals surface area contributed by atoms with Crippen LogP contribution >= 0.6 is 0 Å². The maximum atomic E-state index is 12.1. The van der Waals surface area contributed by atoms with Gasteiger partial charge in [-0.25, -0.2) is 15.0 Å². The van der Waals surface area contributed by atoms with Crippen molar-refractivity contribution in [1.82, 2.24) is 19.5 Å². The van der Waals surface area contributed by atoms with Gasteiger partial charge in [0.25, 0.3) is 5.56 Å². The molecule has 1 atom stereocenters. The predicted molar refractivity (Wildman–Crippen MR) is 75.3 cm³/mol. The third-order valence-corrected chi connectivity index (χ3v) is 3.46. The molecule has 2 aromatic rings. The van der Waals surface area contributed by atoms with Gasteiger partial charge < -0.3 is 10.6 Å². The Morgan fingerprint density at radius 2 is 2.25 bits per heavy atom. The molecule has 7 nitrogen and oxygen atoms in total. The van der Waals surface area contributed by atoms with Gasteiger partial charge in [-0.2, -0.15) is 0 Å². The Bertz CT molecular complexity index is 668. The van der Waals surface area contributed by atoms with Crippen LogP contribution in [0.4, 0.5) is 5.95 Å². The zero-order chi connectivity index (χ0) is 14.1. The Labute approximate surface area is 116 Å². The van der Waals surface area contributed by atoms with Gasteiger partial charge in [0.05, 0.1) is 11.4 Å². The zero-order valence-corrected chi connectivity index (χ0v) is 11.2. The van der Waals surface area contributed by atoms with Crippen LogP contribution in [-0.2, 0) is 7.05 Å². The molecule has 0 aromatic carbocycles. The molecule has 7 heteroatoms. The molecule has 0 bridgehead atoms. The van der Waals surface area contributed by atoms with Gasteiger partial charge in [-0.1, -0.05) is 0 Å². The fourth-order valence-corrected chi connectivity index (χ4v) is 2.35. The predicted octanol–water partition coefficient (Wildman–Crippen LogP) is -0.225. The lowest BCUT2D eigenvalue weighted by molar-refractivity contribution is 0.736. The van der Waals surface area contributed by atoms with Crippen LogP contribution in [0.3, 0.4) is 0 Å². The molecule has 0 amide bonds. The van der Waals surface area contributed by atoms with E-state index in [9.17, 15) is 4.79 Å². The molecule has 3 rings (SSSR count). The molecule has 0 unspecified atom stereocenters. The van der Waals surface area contributed by atoms with Crippen LogP contribution in [0.5, 0.6) is 0 Å². The summed E-state index contributed by atoms with van der Waals surface area (Å²) in [5.74, 6) is 0.638. The zero-order valence-electron chi connectivity index (χ0n) is 11.2. The van der Waals surface area contributed by atoms with Gasteiger partial charge >= 0.3 is 0 Å². The Kier molecular flexibility index (Phi) is 3.19. The van der Waals surface area contributed by atoms with Crippen molar-refractivity contribution in [2.75, 3.05) is 18.0 Å². The molecule has 1 aliphatic rings. The summed E-state index contributed by atoms with van der Waals surface area (Å²) in [4.78, 5) is 26.7. The minimum atomic E-state index is -0.107. The lowest BCUT2D eigenvalue weighted by Gasteiger charge is -2.20. The third-order valence-electron chi connectivity index (χ3n) is 3.46. The Hall–Kier alpha value is -2.28. The fourth-order valence-electron chi connectivity index (χ4n) is 2.35. The van der Waals surface area contributed by atoms with E-state index < -0.39 is 0 Å². The van der Waals surface area contributed by atoms with E-state index in [4.69, 9.17) is 5.73 Å². The van der Waals surface area contributed by atoms with Gasteiger partial charge in [0.2, 0.25) is 5.95 Å². The topological polar surface area (TPSA) is 89.9 Å². The normalized spacial score (nSPS) is 18.5. The first-order valence-corrected chi connectivity index (χ1v) is 6.50. The Balaban J connectivity index is 2.06. The molecule has 0 radical (unpaired) electrons. The molecule has 20 heavy (non-hydrogen) atoms. The minimum absolute atomic E-state index is 0.107. The quantitative estimate of drug-likeness (QED) is 0.812. The van der Waals surface area contributed by atoms with Crippen molar-refractivity contribution < 1.29 is 0 Å². The number of rotatable bonds is 2. The average Bonchev–Trinajstić information content (AvgIpc) is 2.89. The molecular weight excluding hydrogens is 256 g/mol. The van der Waals surface area contributed by atoms with Gasteiger partial charge in [-0.3, -0.25) is 9.36 Å². The Morgan fingerprint density at radius 3 is 2.90 bits per heavy atom. The number of aromatic nitrogens is 4. The molecule has 104 valence electrons. The van der Waals surface area contributed by atoms with Crippen molar-refractivity contribution in [3.05, 3.63) is 35.0 Å². The standard InChI is InChI=1S/C13H16N6O/c1-18-12(20)6-11(10-2-4-15-8-16-10)17-13(18)19-5-3-9(14)7-19/h2,4,6,8-9H,3,5,7,14H2,1H3/t9-/m0/s1. The molecule has 1 fully saturated rings. The highest BCUT2D eigenvalue weighted by atomic mass is 16.1. The van der Waals surface area contributed by atoms with Crippen molar-refractivity contribution in [3.8, 4) is 11.4 Å². The van der Waals surface area contributed by atoms with E-state index in [0.717, 1.165) is 13.0 Å². The summed E-state index contributed by atoms with van der Waals surface area (Å²) in [6, 6.07) is 3.36. The second kappa shape index (κ2) is 5.01. The van der Waals surface area contributed by atoms with Gasteiger partial charge in [-0.15, -0.1) is 0 Å². The monoisotopic (exact) mass is 272 g/mol. The van der Waals surface area contributed by atoms with Gasteiger partial charge in [-0.05, 0) is 12.5 Å². The smallest absolute Gasteiger partial charge is 0.255 e. The number of nitrogens with two attached hydrogens (primary N) is 1. The van der Waals surface area contributed by atoms with E-state index in [1.54, 1.807) is 23.9 Å². The highest BCUT2D eigenvalue weighted by Crippen LogP contribution is 2.19. The summed E-state index contributed by atoms with van der Waals surface area (Å²) in [6.07, 6.45) is 3.99. The van der Waals surface area contributed by atoms with E-state index >= 15 is 0 Å². The third kappa shape index (κ3) is 2.27. The summed E-state index contributed by atoms with van der Waals surface area (Å²) in [7, 11) is 1.72. The average molecular weight is 272 g/mol. The van der Waals surface area contributed by atoms with Crippen molar-refractivity contribution >= 4 is 5.95 Å². The van der Waals surface area contributed by atoms with E-state index in [-0.39, 0.29) is 11.6 Å². The molecule has 0 aliphatic carbocycles. The van der Waals surface area contributed by atoms with Crippen molar-refractivity contribution in [1.29, 1.82) is 0 Å². The summed E-state index contributed by atoms with van der Waals surface area (Å²) in [6.45, 7) is 1.53. The molecule has 3 heterocycles. The SMILES string of the molecule is Cn1c(N2CC[C@H](N)C2)nc(-c2ccncn2)cc1=O. The first-order valence-electron chi connectivity index (χ1n) is 6.50. The van der Waals surface area contributed by atoms with Crippen molar-refractivity contribution in [3.63, 3.8) is 0 Å². The molecule has 1 saturated heterocycles. The van der Waals surface area contributed by atoms with Crippen molar-refractivity contribution in [2.45, 2.75) is 12.5 Å². The number of nitrogens with zero attached hydrogens (tertiary/aromatic N) is 5. The van der Waals surface area contributed by atoms with E-state index in [2.05, 4.69) is 15.0 Å². The summed E-state index contributed by atoms with van der Waals surface area (Å²) in [5.41, 5.74) is 7.02. The largest absolute Gasteiger partial charge is 0.341 e. The molecular formula is C13H16N6O. The first kappa shape index (κ1) is 12.7. The highest BCUT2D eigenvalue weighted by molar-refractivity contribution is 5.55. The molecule has 2 aromatic heterocycles. The van der Waals surface area contributed by atoms with Crippen molar-refractivity contribution in [2.24, 2.45) is 12.8 Å². The lowest BCUT2D eigenvalue weighted by atomic mass is 10.3. The van der Waals surface area contributed by atoms with E-state index in [1.165, 1.54) is 12.4 Å². The maximum Gasteiger partial charge on any atom is 0.255 e. The van der Waals surface area contributed by atoms with Crippen LogP contribution in [-0.4, -0.2) is 38.7 Å². The first-order chi connectivity index (χ1) is 9.65. The molecule has 2 N–H and O–H groups in total. The summed E-state index contributed by atoms with van der Waals surface area (Å²) >= 11 is 0. The minimum Gasteiger partial charge on any atom is -0.341 e. The number of hydrogen-bond acceptors (Lipinski definition) is 6. The molecule has 0 saturated carbocycles. The van der Waals surface area contributed by atoms with Gasteiger partial charge in [0.1, 0.15) is 6.33 Å². The number of hydrogen-bond donors (Lipinski definition) is 1. The van der Waals surface area contributed by atoms with Crippen LogP contribution in [0.2, 0.25) is 0 Å². The molecule has 1 aliphatic heterocycles. The second-order valence-corrected chi connectivity index (χ2v) is 4.93. The number of anilines is 1. The second-order valence-electron chi connectivity index (χ2n) is 4.93. The maximum absolute atomic E-state index is 12.1. The van der Waals surface area contributed by atoms with Gasteiger partial charge in [0.15, 0.2) is 0 Å². The summed E-state index contributed by atoms with van der Waals surface area (Å²) < 4.78 is 1.54. The van der Waals surface area contributed by atoms with Crippen LogP contribution in [0, 0.1) is 0 Å². The van der Waals surface area contributed by atoms with Crippen LogP contribution in [0.15, 0.2) is 29.5 Å². The summed E-state index contributed by atoms with van der Waals surface area (Å²) in [5, 5.41) is 0. The van der Waals surface area contributed by atoms with E-state index in [1.807, 2.05) is 4.90 Å².